The van der Waals surface area contributed by atoms with Crippen molar-refractivity contribution in [3.05, 3.63) is 41.5 Å². The summed E-state index contributed by atoms with van der Waals surface area (Å²) in [5, 5.41) is 3.89. The number of piperidine rings is 1. The molecule has 5 heteroatoms. The summed E-state index contributed by atoms with van der Waals surface area (Å²) in [4.78, 5) is 6.80. The Morgan fingerprint density at radius 3 is 3.10 bits per heavy atom. The van der Waals surface area contributed by atoms with Gasteiger partial charge in [-0.2, -0.15) is 4.98 Å². The van der Waals surface area contributed by atoms with Gasteiger partial charge in [0.15, 0.2) is 5.82 Å². The van der Waals surface area contributed by atoms with Crippen LogP contribution in [-0.4, -0.2) is 28.1 Å². The number of nitrogens with two attached hydrogens (primary N) is 1. The van der Waals surface area contributed by atoms with Crippen LogP contribution in [0.3, 0.4) is 0 Å². The van der Waals surface area contributed by atoms with Gasteiger partial charge in [-0.25, -0.2) is 0 Å². The van der Waals surface area contributed by atoms with Crippen LogP contribution in [-0.2, 0) is 6.54 Å². The highest BCUT2D eigenvalue weighted by atomic mass is 16.5. The molecular formula is C15H20N4O. The maximum Gasteiger partial charge on any atom is 0.231 e. The van der Waals surface area contributed by atoms with Crippen molar-refractivity contribution in [1.29, 1.82) is 0 Å². The molecule has 1 atom stereocenters. The van der Waals surface area contributed by atoms with Gasteiger partial charge < -0.3 is 10.3 Å². The summed E-state index contributed by atoms with van der Waals surface area (Å²) in [7, 11) is 0. The average molecular weight is 272 g/mol. The summed E-state index contributed by atoms with van der Waals surface area (Å²) in [5.41, 5.74) is 7.91. The second-order valence-electron chi connectivity index (χ2n) is 5.50. The fraction of sp³-hybridized carbons (Fsp3) is 0.467. The normalized spacial score (nSPS) is 20.1. The van der Waals surface area contributed by atoms with Gasteiger partial charge >= 0.3 is 0 Å². The Bertz CT molecular complexity index is 581. The van der Waals surface area contributed by atoms with Gasteiger partial charge in [0, 0.05) is 18.8 Å². The Balaban J connectivity index is 1.66. The van der Waals surface area contributed by atoms with Crippen molar-refractivity contribution in [2.45, 2.75) is 32.2 Å². The summed E-state index contributed by atoms with van der Waals surface area (Å²) >= 11 is 0. The lowest BCUT2D eigenvalue weighted by Crippen LogP contribution is -2.34. The van der Waals surface area contributed by atoms with Crippen LogP contribution in [0.5, 0.6) is 0 Å². The maximum absolute atomic E-state index is 5.83. The van der Waals surface area contributed by atoms with Crippen molar-refractivity contribution in [2.75, 3.05) is 18.8 Å². The first-order valence-corrected chi connectivity index (χ1v) is 7.07. The number of benzene rings is 1. The van der Waals surface area contributed by atoms with Crippen LogP contribution in [0.2, 0.25) is 0 Å². The second-order valence-corrected chi connectivity index (χ2v) is 5.50. The quantitative estimate of drug-likeness (QED) is 0.869. The molecule has 0 amide bonds. The summed E-state index contributed by atoms with van der Waals surface area (Å²) < 4.78 is 5.31. The van der Waals surface area contributed by atoms with Crippen molar-refractivity contribution < 1.29 is 4.52 Å². The van der Waals surface area contributed by atoms with Crippen LogP contribution < -0.4 is 5.73 Å². The van der Waals surface area contributed by atoms with Crippen LogP contribution in [0.15, 0.2) is 28.8 Å². The Labute approximate surface area is 118 Å². The van der Waals surface area contributed by atoms with E-state index in [9.17, 15) is 0 Å². The van der Waals surface area contributed by atoms with Gasteiger partial charge in [0.2, 0.25) is 5.89 Å². The lowest BCUT2D eigenvalue weighted by atomic mass is 9.97. The molecule has 1 aromatic heterocycles. The number of nitrogen functional groups attached to an aromatic ring is 1. The molecule has 1 aliphatic rings. The number of aryl methyl sites for hydroxylation is 1. The summed E-state index contributed by atoms with van der Waals surface area (Å²) in [5.74, 6) is 1.85. The van der Waals surface area contributed by atoms with E-state index in [4.69, 9.17) is 10.3 Å². The number of rotatable bonds is 3. The monoisotopic (exact) mass is 272 g/mol. The minimum atomic E-state index is 0.353. The van der Waals surface area contributed by atoms with E-state index in [1.165, 1.54) is 5.56 Å². The van der Waals surface area contributed by atoms with E-state index in [1.807, 2.05) is 25.1 Å². The Morgan fingerprint density at radius 2 is 2.35 bits per heavy atom. The Kier molecular flexibility index (Phi) is 3.69. The van der Waals surface area contributed by atoms with E-state index in [-0.39, 0.29) is 0 Å². The number of anilines is 1. The summed E-state index contributed by atoms with van der Waals surface area (Å²) in [6.07, 6.45) is 2.28. The summed E-state index contributed by atoms with van der Waals surface area (Å²) in [6.45, 7) is 4.86. The van der Waals surface area contributed by atoms with E-state index < -0.39 is 0 Å². The smallest absolute Gasteiger partial charge is 0.231 e. The fourth-order valence-electron chi connectivity index (χ4n) is 2.83. The van der Waals surface area contributed by atoms with Gasteiger partial charge in [0.05, 0.1) is 5.92 Å². The van der Waals surface area contributed by atoms with Gasteiger partial charge in [-0.3, -0.25) is 4.90 Å². The molecule has 1 aromatic carbocycles. The topological polar surface area (TPSA) is 68.2 Å². The highest BCUT2D eigenvalue weighted by Crippen LogP contribution is 2.26. The summed E-state index contributed by atoms with van der Waals surface area (Å²) in [6, 6.07) is 8.09. The lowest BCUT2D eigenvalue weighted by Gasteiger charge is -2.30. The van der Waals surface area contributed by atoms with Crippen molar-refractivity contribution in [2.24, 2.45) is 0 Å². The van der Waals surface area contributed by atoms with Crippen LogP contribution in [0.1, 0.15) is 36.0 Å². The van der Waals surface area contributed by atoms with Crippen molar-refractivity contribution in [1.82, 2.24) is 15.0 Å². The van der Waals surface area contributed by atoms with Crippen LogP contribution in [0.4, 0.5) is 5.69 Å². The van der Waals surface area contributed by atoms with Crippen molar-refractivity contribution in [3.8, 4) is 0 Å². The van der Waals surface area contributed by atoms with Crippen LogP contribution in [0.25, 0.3) is 0 Å². The van der Waals surface area contributed by atoms with Crippen LogP contribution >= 0.6 is 0 Å². The zero-order valence-corrected chi connectivity index (χ0v) is 11.7. The predicted molar refractivity (Wildman–Crippen MR) is 77.1 cm³/mol. The van der Waals surface area contributed by atoms with E-state index in [0.717, 1.165) is 44.1 Å². The van der Waals surface area contributed by atoms with Gasteiger partial charge in [-0.05, 0) is 44.0 Å². The molecule has 1 aliphatic heterocycles. The zero-order chi connectivity index (χ0) is 13.9. The molecule has 2 aromatic rings. The predicted octanol–water partition coefficient (Wildman–Crippen LogP) is 2.34. The minimum Gasteiger partial charge on any atom is -0.399 e. The number of likely N-dealkylation sites (tertiary alicyclic amines) is 1. The molecule has 0 spiro atoms. The van der Waals surface area contributed by atoms with E-state index in [1.54, 1.807) is 0 Å². The first-order chi connectivity index (χ1) is 9.70. The molecule has 20 heavy (non-hydrogen) atoms. The number of nitrogens with zero attached hydrogens (tertiary/aromatic N) is 3. The number of hydrogen-bond donors (Lipinski definition) is 1. The third-order valence-electron chi connectivity index (χ3n) is 3.76. The van der Waals surface area contributed by atoms with E-state index >= 15 is 0 Å². The SMILES string of the molecule is Cc1noc(C2CCCN(Cc3cccc(N)c3)C2)n1. The van der Waals surface area contributed by atoms with E-state index in [2.05, 4.69) is 21.1 Å². The molecule has 0 saturated carbocycles. The van der Waals surface area contributed by atoms with Crippen molar-refractivity contribution >= 4 is 5.69 Å². The van der Waals surface area contributed by atoms with Gasteiger partial charge in [0.1, 0.15) is 0 Å². The van der Waals surface area contributed by atoms with Crippen molar-refractivity contribution in [3.63, 3.8) is 0 Å². The molecule has 2 heterocycles. The van der Waals surface area contributed by atoms with Gasteiger partial charge in [-0.15, -0.1) is 0 Å². The lowest BCUT2D eigenvalue weighted by molar-refractivity contribution is 0.180. The molecule has 0 bridgehead atoms. The fourth-order valence-corrected chi connectivity index (χ4v) is 2.83. The molecule has 1 unspecified atom stereocenters. The average Bonchev–Trinajstić information content (AvgIpc) is 2.86. The molecule has 0 aliphatic carbocycles. The molecule has 0 radical (unpaired) electrons. The maximum atomic E-state index is 5.83. The Morgan fingerprint density at radius 1 is 1.45 bits per heavy atom. The largest absolute Gasteiger partial charge is 0.399 e. The second kappa shape index (κ2) is 5.63. The molecule has 3 rings (SSSR count). The van der Waals surface area contributed by atoms with E-state index in [0.29, 0.717) is 11.7 Å². The third-order valence-corrected chi connectivity index (χ3v) is 3.76. The highest BCUT2D eigenvalue weighted by Gasteiger charge is 2.25. The first kappa shape index (κ1) is 13.1. The number of hydrogen-bond acceptors (Lipinski definition) is 5. The Hall–Kier alpha value is -1.88. The number of aromatic nitrogens is 2. The minimum absolute atomic E-state index is 0.353. The van der Waals surface area contributed by atoms with Gasteiger partial charge in [-0.1, -0.05) is 17.3 Å². The van der Waals surface area contributed by atoms with Gasteiger partial charge in [0.25, 0.3) is 0 Å². The molecule has 2 N–H and O–H groups in total. The molecular weight excluding hydrogens is 252 g/mol. The third kappa shape index (κ3) is 2.99. The molecule has 1 saturated heterocycles. The molecule has 1 fully saturated rings. The van der Waals surface area contributed by atoms with Crippen LogP contribution in [0, 0.1) is 6.92 Å². The zero-order valence-electron chi connectivity index (χ0n) is 11.7. The molecule has 5 nitrogen and oxygen atoms in total. The standard InChI is InChI=1S/C15H20N4O/c1-11-17-15(20-18-11)13-5-3-7-19(10-13)9-12-4-2-6-14(16)8-12/h2,4,6,8,13H,3,5,7,9-10,16H2,1H3. The highest BCUT2D eigenvalue weighted by molar-refractivity contribution is 5.40. The molecule has 106 valence electrons. The first-order valence-electron chi connectivity index (χ1n) is 7.07.